The fourth-order valence-corrected chi connectivity index (χ4v) is 1.57. The van der Waals surface area contributed by atoms with Gasteiger partial charge in [-0.25, -0.2) is 4.79 Å². The molecule has 0 bridgehead atoms. The highest BCUT2D eigenvalue weighted by molar-refractivity contribution is 6.30. The van der Waals surface area contributed by atoms with Crippen LogP contribution in [0, 0.1) is 0 Å². The fourth-order valence-electron chi connectivity index (χ4n) is 1.38. The van der Waals surface area contributed by atoms with Crippen LogP contribution in [0.5, 0.6) is 5.75 Å². The molecule has 6 nitrogen and oxygen atoms in total. The summed E-state index contributed by atoms with van der Waals surface area (Å²) in [4.78, 5) is 22.4. The van der Waals surface area contributed by atoms with Crippen molar-refractivity contribution in [3.63, 3.8) is 0 Å². The molecule has 0 radical (unpaired) electrons. The quantitative estimate of drug-likeness (QED) is 0.456. The zero-order valence-electron chi connectivity index (χ0n) is 11.8. The topological polar surface area (TPSA) is 71.1 Å². The summed E-state index contributed by atoms with van der Waals surface area (Å²) in [5, 5.41) is 0.444. The molecule has 0 unspecified atom stereocenters. The van der Waals surface area contributed by atoms with E-state index in [-0.39, 0.29) is 12.4 Å². The van der Waals surface area contributed by atoms with E-state index in [1.54, 1.807) is 18.2 Å². The van der Waals surface area contributed by atoms with Gasteiger partial charge >= 0.3 is 11.9 Å². The van der Waals surface area contributed by atoms with Crippen LogP contribution >= 0.6 is 11.6 Å². The zero-order chi connectivity index (χ0) is 15.8. The van der Waals surface area contributed by atoms with E-state index in [0.717, 1.165) is 6.26 Å². The SMILES string of the molecule is COC=C(Oc1ccc(Cl)cc1COC(C)=O)C(=O)OC. The Morgan fingerprint density at radius 1 is 1.29 bits per heavy atom. The molecule has 0 saturated carbocycles. The Morgan fingerprint density at radius 3 is 2.57 bits per heavy atom. The van der Waals surface area contributed by atoms with E-state index in [9.17, 15) is 9.59 Å². The highest BCUT2D eigenvalue weighted by Gasteiger charge is 2.16. The predicted molar refractivity (Wildman–Crippen MR) is 74.7 cm³/mol. The van der Waals surface area contributed by atoms with Crippen LogP contribution in [0.25, 0.3) is 0 Å². The summed E-state index contributed by atoms with van der Waals surface area (Å²) >= 11 is 5.89. The number of hydrogen-bond acceptors (Lipinski definition) is 6. The number of benzene rings is 1. The molecule has 0 aromatic heterocycles. The first-order valence-electron chi connectivity index (χ1n) is 5.88. The van der Waals surface area contributed by atoms with Gasteiger partial charge in [-0.3, -0.25) is 4.79 Å². The van der Waals surface area contributed by atoms with Gasteiger partial charge in [-0.1, -0.05) is 11.6 Å². The third kappa shape index (κ3) is 5.35. The lowest BCUT2D eigenvalue weighted by atomic mass is 10.2. The molecule has 0 saturated heterocycles. The van der Waals surface area contributed by atoms with Crippen molar-refractivity contribution in [3.8, 4) is 5.75 Å². The van der Waals surface area contributed by atoms with Crippen LogP contribution in [0.2, 0.25) is 5.02 Å². The molecule has 1 aromatic rings. The van der Waals surface area contributed by atoms with Gasteiger partial charge in [-0.15, -0.1) is 0 Å². The van der Waals surface area contributed by atoms with Gasteiger partial charge < -0.3 is 18.9 Å². The second-order valence-electron chi connectivity index (χ2n) is 3.84. The second kappa shape index (κ2) is 8.16. The van der Waals surface area contributed by atoms with Gasteiger partial charge in [0.15, 0.2) is 0 Å². The molecule has 0 aliphatic heterocycles. The zero-order valence-corrected chi connectivity index (χ0v) is 12.6. The van der Waals surface area contributed by atoms with Crippen molar-refractivity contribution in [2.45, 2.75) is 13.5 Å². The number of ether oxygens (including phenoxy) is 4. The predicted octanol–water partition coefficient (Wildman–Crippen LogP) is 2.44. The average molecular weight is 315 g/mol. The Balaban J connectivity index is 3.02. The van der Waals surface area contributed by atoms with Crippen LogP contribution in [0.3, 0.4) is 0 Å². The highest BCUT2D eigenvalue weighted by Crippen LogP contribution is 2.25. The molecule has 0 heterocycles. The number of esters is 2. The van der Waals surface area contributed by atoms with Crippen molar-refractivity contribution >= 4 is 23.5 Å². The normalized spacial score (nSPS) is 10.8. The highest BCUT2D eigenvalue weighted by atomic mass is 35.5. The van der Waals surface area contributed by atoms with E-state index in [1.165, 1.54) is 21.1 Å². The lowest BCUT2D eigenvalue weighted by Gasteiger charge is -2.12. The Hall–Kier alpha value is -2.21. The van der Waals surface area contributed by atoms with Crippen LogP contribution in [0.1, 0.15) is 12.5 Å². The fraction of sp³-hybridized carbons (Fsp3) is 0.286. The number of carbonyl (C=O) groups is 2. The Kier molecular flexibility index (Phi) is 6.55. The molecule has 0 fully saturated rings. The molecule has 0 aliphatic carbocycles. The van der Waals surface area contributed by atoms with Gasteiger partial charge in [0.05, 0.1) is 14.2 Å². The summed E-state index contributed by atoms with van der Waals surface area (Å²) < 4.78 is 19.7. The van der Waals surface area contributed by atoms with Gasteiger partial charge in [0, 0.05) is 17.5 Å². The largest absolute Gasteiger partial charge is 0.500 e. The molecule has 1 rings (SSSR count). The molecule has 1 aromatic carbocycles. The second-order valence-corrected chi connectivity index (χ2v) is 4.28. The molecule has 7 heteroatoms. The maximum absolute atomic E-state index is 11.5. The van der Waals surface area contributed by atoms with Crippen molar-refractivity contribution < 1.29 is 28.5 Å². The first-order valence-corrected chi connectivity index (χ1v) is 6.26. The van der Waals surface area contributed by atoms with Crippen LogP contribution in [0.15, 0.2) is 30.2 Å². The summed E-state index contributed by atoms with van der Waals surface area (Å²) in [6.45, 7) is 1.25. The van der Waals surface area contributed by atoms with Crippen LogP contribution in [-0.4, -0.2) is 26.2 Å². The minimum absolute atomic E-state index is 0.0351. The minimum atomic E-state index is -0.703. The van der Waals surface area contributed by atoms with Crippen molar-refractivity contribution in [2.24, 2.45) is 0 Å². The summed E-state index contributed by atoms with van der Waals surface area (Å²) in [6, 6.07) is 4.70. The van der Waals surface area contributed by atoms with E-state index < -0.39 is 11.9 Å². The lowest BCUT2D eigenvalue weighted by Crippen LogP contribution is -2.12. The number of rotatable bonds is 6. The molecule has 114 valence electrons. The van der Waals surface area contributed by atoms with Gasteiger partial charge in [0.25, 0.3) is 0 Å². The molecular weight excluding hydrogens is 300 g/mol. The van der Waals surface area contributed by atoms with E-state index in [2.05, 4.69) is 4.74 Å². The number of carbonyl (C=O) groups excluding carboxylic acids is 2. The molecular formula is C14H15ClO6. The van der Waals surface area contributed by atoms with Crippen molar-refractivity contribution in [2.75, 3.05) is 14.2 Å². The van der Waals surface area contributed by atoms with Crippen molar-refractivity contribution in [3.05, 3.63) is 40.8 Å². The first-order chi connectivity index (χ1) is 9.97. The molecule has 0 amide bonds. The third-order valence-corrected chi connectivity index (χ3v) is 2.52. The molecule has 0 atom stereocenters. The number of hydrogen-bond donors (Lipinski definition) is 0. The molecule has 0 N–H and O–H groups in total. The van der Waals surface area contributed by atoms with Crippen molar-refractivity contribution in [1.29, 1.82) is 0 Å². The number of halogens is 1. The van der Waals surface area contributed by atoms with E-state index >= 15 is 0 Å². The Labute approximate surface area is 127 Å². The summed E-state index contributed by atoms with van der Waals surface area (Å²) in [5.41, 5.74) is 0.503. The van der Waals surface area contributed by atoms with Crippen LogP contribution in [0.4, 0.5) is 0 Å². The van der Waals surface area contributed by atoms with E-state index in [1.807, 2.05) is 0 Å². The smallest absolute Gasteiger partial charge is 0.377 e. The Morgan fingerprint density at radius 2 is 2.00 bits per heavy atom. The maximum atomic E-state index is 11.5. The monoisotopic (exact) mass is 314 g/mol. The molecule has 21 heavy (non-hydrogen) atoms. The first kappa shape index (κ1) is 16.8. The lowest BCUT2D eigenvalue weighted by molar-refractivity contribution is -0.142. The van der Waals surface area contributed by atoms with Crippen LogP contribution < -0.4 is 4.74 Å². The third-order valence-electron chi connectivity index (χ3n) is 2.28. The van der Waals surface area contributed by atoms with Crippen LogP contribution in [-0.2, 0) is 30.4 Å². The average Bonchev–Trinajstić information content (AvgIpc) is 2.45. The van der Waals surface area contributed by atoms with Gasteiger partial charge in [-0.05, 0) is 18.2 Å². The van der Waals surface area contributed by atoms with E-state index in [0.29, 0.717) is 16.3 Å². The summed E-state index contributed by atoms with van der Waals surface area (Å²) in [6.07, 6.45) is 1.11. The standard InChI is InChI=1S/C14H15ClO6/c1-9(16)20-7-10-6-11(15)4-5-12(10)21-13(8-18-2)14(17)19-3/h4-6,8H,7H2,1-3H3. The number of methoxy groups -OCH3 is 2. The molecule has 0 aliphatic rings. The summed E-state index contributed by atoms with van der Waals surface area (Å²) in [7, 11) is 2.59. The minimum Gasteiger partial charge on any atom is -0.500 e. The van der Waals surface area contributed by atoms with Gasteiger partial charge in [-0.2, -0.15) is 0 Å². The van der Waals surface area contributed by atoms with Gasteiger partial charge in [0.1, 0.15) is 18.6 Å². The summed E-state index contributed by atoms with van der Waals surface area (Å²) in [5.74, 6) is -0.993. The van der Waals surface area contributed by atoms with Crippen molar-refractivity contribution in [1.82, 2.24) is 0 Å². The molecule has 0 spiro atoms. The Bertz CT molecular complexity index is 552. The maximum Gasteiger partial charge on any atom is 0.377 e. The van der Waals surface area contributed by atoms with E-state index in [4.69, 9.17) is 25.8 Å². The van der Waals surface area contributed by atoms with Gasteiger partial charge in [0.2, 0.25) is 5.76 Å².